The van der Waals surface area contributed by atoms with E-state index < -0.39 is 0 Å². The molecule has 1 aliphatic rings. The molecule has 1 aliphatic heterocycles. The Morgan fingerprint density at radius 1 is 1.41 bits per heavy atom. The van der Waals surface area contributed by atoms with Crippen LogP contribution in [0.3, 0.4) is 0 Å². The van der Waals surface area contributed by atoms with Crippen molar-refractivity contribution in [2.45, 2.75) is 58.3 Å². The molecule has 0 spiro atoms. The number of thiophene rings is 1. The summed E-state index contributed by atoms with van der Waals surface area (Å²) >= 11 is 1.71. The lowest BCUT2D eigenvalue weighted by Gasteiger charge is -2.45. The van der Waals surface area contributed by atoms with Gasteiger partial charge in [-0.3, -0.25) is 9.69 Å². The largest absolute Gasteiger partial charge is 0.373 e. The van der Waals surface area contributed by atoms with Gasteiger partial charge in [-0.05, 0) is 45.6 Å². The van der Waals surface area contributed by atoms with Crippen molar-refractivity contribution < 1.29 is 9.53 Å². The first kappa shape index (κ1) is 17.4. The summed E-state index contributed by atoms with van der Waals surface area (Å²) in [4.78, 5) is 15.7. The van der Waals surface area contributed by atoms with E-state index in [1.807, 2.05) is 6.07 Å². The van der Waals surface area contributed by atoms with Crippen LogP contribution in [-0.4, -0.2) is 48.2 Å². The van der Waals surface area contributed by atoms with Crippen molar-refractivity contribution in [3.63, 3.8) is 0 Å². The van der Waals surface area contributed by atoms with Crippen molar-refractivity contribution in [1.82, 2.24) is 10.2 Å². The Balaban J connectivity index is 1.77. The van der Waals surface area contributed by atoms with Crippen molar-refractivity contribution in [2.24, 2.45) is 0 Å². The fourth-order valence-corrected chi connectivity index (χ4v) is 3.59. The Labute approximate surface area is 137 Å². The van der Waals surface area contributed by atoms with Crippen LogP contribution in [0.2, 0.25) is 0 Å². The molecule has 0 aromatic carbocycles. The first-order chi connectivity index (χ1) is 10.4. The molecule has 22 heavy (non-hydrogen) atoms. The Hall–Kier alpha value is -0.910. The second kappa shape index (κ2) is 7.57. The van der Waals surface area contributed by atoms with Crippen molar-refractivity contribution >= 4 is 17.2 Å². The van der Waals surface area contributed by atoms with Crippen LogP contribution in [0.25, 0.3) is 0 Å². The lowest BCUT2D eigenvalue weighted by Crippen LogP contribution is -2.58. The minimum Gasteiger partial charge on any atom is -0.373 e. The standard InChI is InChI=1S/C17H28N2O2S/c1-13-10-19(11-14(2)21-13)17(3,4)12-18-16(20)8-7-15-6-5-9-22-15/h5-6,9,13-14H,7-8,10-12H2,1-4H3,(H,18,20)/t13-,14-/m1/s1. The summed E-state index contributed by atoms with van der Waals surface area (Å²) < 4.78 is 5.79. The third-order valence-corrected chi connectivity index (χ3v) is 5.11. The van der Waals surface area contributed by atoms with Crippen molar-refractivity contribution in [3.8, 4) is 0 Å². The minimum atomic E-state index is -0.0507. The van der Waals surface area contributed by atoms with Crippen LogP contribution in [0, 0.1) is 0 Å². The number of aryl methyl sites for hydroxylation is 1. The van der Waals surface area contributed by atoms with Gasteiger partial charge in [-0.25, -0.2) is 0 Å². The molecule has 0 saturated carbocycles. The highest BCUT2D eigenvalue weighted by Gasteiger charge is 2.33. The Morgan fingerprint density at radius 3 is 2.68 bits per heavy atom. The summed E-state index contributed by atoms with van der Waals surface area (Å²) in [6, 6.07) is 4.11. The van der Waals surface area contributed by atoms with Gasteiger partial charge < -0.3 is 10.1 Å². The third-order valence-electron chi connectivity index (χ3n) is 4.17. The quantitative estimate of drug-likeness (QED) is 0.875. The zero-order valence-corrected chi connectivity index (χ0v) is 14.9. The van der Waals surface area contributed by atoms with Crippen LogP contribution >= 0.6 is 11.3 Å². The number of rotatable bonds is 6. The van der Waals surface area contributed by atoms with Gasteiger partial charge in [0.15, 0.2) is 0 Å². The molecule has 1 saturated heterocycles. The molecule has 5 heteroatoms. The number of nitrogens with zero attached hydrogens (tertiary/aromatic N) is 1. The number of morpholine rings is 1. The van der Waals surface area contributed by atoms with E-state index in [9.17, 15) is 4.79 Å². The maximum atomic E-state index is 12.0. The van der Waals surface area contributed by atoms with Crippen LogP contribution in [0.4, 0.5) is 0 Å². The molecular weight excluding hydrogens is 296 g/mol. The number of ether oxygens (including phenoxy) is 1. The number of amides is 1. The lowest BCUT2D eigenvalue weighted by molar-refractivity contribution is -0.122. The van der Waals surface area contributed by atoms with Gasteiger partial charge in [-0.15, -0.1) is 11.3 Å². The molecule has 124 valence electrons. The fraction of sp³-hybridized carbons (Fsp3) is 0.706. The molecule has 1 aromatic heterocycles. The summed E-state index contributed by atoms with van der Waals surface area (Å²) in [5.74, 6) is 0.135. The van der Waals surface area contributed by atoms with E-state index in [0.717, 1.165) is 19.5 Å². The van der Waals surface area contributed by atoms with Gasteiger partial charge in [-0.1, -0.05) is 6.07 Å². The molecule has 0 unspecified atom stereocenters. The van der Waals surface area contributed by atoms with Gasteiger partial charge in [-0.2, -0.15) is 0 Å². The van der Waals surface area contributed by atoms with Crippen molar-refractivity contribution in [1.29, 1.82) is 0 Å². The molecule has 1 fully saturated rings. The third kappa shape index (κ3) is 5.07. The van der Waals surface area contributed by atoms with Crippen LogP contribution in [0.15, 0.2) is 17.5 Å². The van der Waals surface area contributed by atoms with Crippen molar-refractivity contribution in [3.05, 3.63) is 22.4 Å². The maximum Gasteiger partial charge on any atom is 0.220 e. The molecule has 4 nitrogen and oxygen atoms in total. The number of hydrogen-bond acceptors (Lipinski definition) is 4. The molecule has 2 atom stereocenters. The number of carbonyl (C=O) groups excluding carboxylic acids is 1. The zero-order chi connectivity index (χ0) is 16.2. The average molecular weight is 324 g/mol. The molecular formula is C17H28N2O2S. The van der Waals surface area contributed by atoms with E-state index in [4.69, 9.17) is 4.74 Å². The predicted octanol–water partition coefficient (Wildman–Crippen LogP) is 2.68. The number of hydrogen-bond donors (Lipinski definition) is 1. The molecule has 0 aliphatic carbocycles. The van der Waals surface area contributed by atoms with E-state index in [1.165, 1.54) is 4.88 Å². The van der Waals surface area contributed by atoms with E-state index in [1.54, 1.807) is 11.3 Å². The molecule has 1 N–H and O–H groups in total. The molecule has 2 heterocycles. The van der Waals surface area contributed by atoms with Crippen molar-refractivity contribution in [2.75, 3.05) is 19.6 Å². The number of carbonyl (C=O) groups is 1. The second-order valence-corrected chi connectivity index (χ2v) is 7.86. The first-order valence-electron chi connectivity index (χ1n) is 8.06. The van der Waals surface area contributed by atoms with Gasteiger partial charge in [0.1, 0.15) is 0 Å². The summed E-state index contributed by atoms with van der Waals surface area (Å²) in [6.45, 7) is 11.1. The van der Waals surface area contributed by atoms with Crippen LogP contribution in [-0.2, 0) is 16.0 Å². The summed E-state index contributed by atoms with van der Waals surface area (Å²) in [5.41, 5.74) is -0.0507. The predicted molar refractivity (Wildman–Crippen MR) is 91.3 cm³/mol. The van der Waals surface area contributed by atoms with Crippen LogP contribution < -0.4 is 5.32 Å². The van der Waals surface area contributed by atoms with E-state index in [-0.39, 0.29) is 23.7 Å². The summed E-state index contributed by atoms with van der Waals surface area (Å²) in [6.07, 6.45) is 1.89. The highest BCUT2D eigenvalue weighted by atomic mass is 32.1. The van der Waals surface area contributed by atoms with Crippen LogP contribution in [0.5, 0.6) is 0 Å². The summed E-state index contributed by atoms with van der Waals surface area (Å²) in [7, 11) is 0. The monoisotopic (exact) mass is 324 g/mol. The molecule has 1 aromatic rings. The van der Waals surface area contributed by atoms with Gasteiger partial charge in [0, 0.05) is 36.5 Å². The van der Waals surface area contributed by atoms with Gasteiger partial charge in [0.05, 0.1) is 12.2 Å². The lowest BCUT2D eigenvalue weighted by atomic mass is 10.00. The molecule has 0 radical (unpaired) electrons. The molecule has 0 bridgehead atoms. The topological polar surface area (TPSA) is 41.6 Å². The second-order valence-electron chi connectivity index (χ2n) is 6.83. The van der Waals surface area contributed by atoms with E-state index in [0.29, 0.717) is 13.0 Å². The Kier molecular flexibility index (Phi) is 6.01. The van der Waals surface area contributed by atoms with Gasteiger partial charge in [0.2, 0.25) is 5.91 Å². The smallest absolute Gasteiger partial charge is 0.220 e. The molecule has 2 rings (SSSR count). The first-order valence-corrected chi connectivity index (χ1v) is 8.94. The summed E-state index contributed by atoms with van der Waals surface area (Å²) in [5, 5.41) is 5.15. The van der Waals surface area contributed by atoms with Crippen LogP contribution in [0.1, 0.15) is 39.0 Å². The maximum absolute atomic E-state index is 12.0. The SMILES string of the molecule is C[C@@H]1CN(C(C)(C)CNC(=O)CCc2cccs2)C[C@@H](C)O1. The van der Waals surface area contributed by atoms with Gasteiger partial charge >= 0.3 is 0 Å². The molecule has 1 amide bonds. The van der Waals surface area contributed by atoms with E-state index in [2.05, 4.69) is 49.4 Å². The highest BCUT2D eigenvalue weighted by molar-refractivity contribution is 7.09. The normalized spacial score (nSPS) is 23.5. The van der Waals surface area contributed by atoms with Gasteiger partial charge in [0.25, 0.3) is 0 Å². The van der Waals surface area contributed by atoms with E-state index >= 15 is 0 Å². The highest BCUT2D eigenvalue weighted by Crippen LogP contribution is 2.20. The Morgan fingerprint density at radius 2 is 2.09 bits per heavy atom. The Bertz CT molecular complexity index is 463. The zero-order valence-electron chi connectivity index (χ0n) is 14.1. The average Bonchev–Trinajstić information content (AvgIpc) is 2.95. The number of nitrogens with one attached hydrogen (secondary N) is 1. The fourth-order valence-electron chi connectivity index (χ4n) is 2.88. The minimum absolute atomic E-state index is 0.0507.